The molecule has 1 aromatic heterocycles. The molecule has 1 unspecified atom stereocenters. The molecule has 0 fully saturated rings. The van der Waals surface area contributed by atoms with Gasteiger partial charge in [-0.1, -0.05) is 6.07 Å². The highest BCUT2D eigenvalue weighted by atomic mass is 19.4. The van der Waals surface area contributed by atoms with Crippen LogP contribution in [0.25, 0.3) is 0 Å². The van der Waals surface area contributed by atoms with Gasteiger partial charge in [0.05, 0.1) is 5.56 Å². The van der Waals surface area contributed by atoms with E-state index >= 15 is 0 Å². The van der Waals surface area contributed by atoms with Crippen LogP contribution in [0.4, 0.5) is 24.7 Å². The number of amides is 2. The minimum absolute atomic E-state index is 0.0638. The Kier molecular flexibility index (Phi) is 7.46. The molecule has 4 N–H and O–H groups in total. The quantitative estimate of drug-likeness (QED) is 0.377. The van der Waals surface area contributed by atoms with E-state index < -0.39 is 23.2 Å². The van der Waals surface area contributed by atoms with Gasteiger partial charge < -0.3 is 21.1 Å². The molecule has 4 rings (SSSR count). The fraction of sp³-hybridized carbons (Fsp3) is 0.321. The number of rotatable bonds is 6. The molecule has 1 heterocycles. The summed E-state index contributed by atoms with van der Waals surface area (Å²) in [4.78, 5) is 28.5. The highest BCUT2D eigenvalue weighted by Crippen LogP contribution is 2.35. The maximum absolute atomic E-state index is 13.5. The van der Waals surface area contributed by atoms with E-state index in [1.807, 2.05) is 18.2 Å². The van der Waals surface area contributed by atoms with Crippen LogP contribution < -0.4 is 21.1 Å². The Hall–Kier alpha value is -3.92. The van der Waals surface area contributed by atoms with Crippen LogP contribution in [0.15, 0.2) is 54.7 Å². The van der Waals surface area contributed by atoms with Gasteiger partial charge >= 0.3 is 6.18 Å². The number of fused-ring (bicyclic) bond motifs is 1. The molecule has 0 saturated heterocycles. The van der Waals surface area contributed by atoms with Gasteiger partial charge in [0.25, 0.3) is 0 Å². The Bertz CT molecular complexity index is 1330. The lowest BCUT2D eigenvalue weighted by Gasteiger charge is -2.26. The predicted octanol–water partition coefficient (Wildman–Crippen LogP) is 5.79. The van der Waals surface area contributed by atoms with Crippen LogP contribution in [0.2, 0.25) is 0 Å². The summed E-state index contributed by atoms with van der Waals surface area (Å²) in [6.45, 7) is 4.60. The van der Waals surface area contributed by atoms with Crippen molar-refractivity contribution in [2.24, 2.45) is 11.7 Å². The van der Waals surface area contributed by atoms with E-state index in [2.05, 4.69) is 15.6 Å². The van der Waals surface area contributed by atoms with Crippen LogP contribution in [0.3, 0.4) is 0 Å². The average molecular weight is 527 g/mol. The number of halogens is 3. The number of ether oxygens (including phenoxy) is 1. The summed E-state index contributed by atoms with van der Waals surface area (Å²) in [5.74, 6) is 0.376. The van der Waals surface area contributed by atoms with Crippen molar-refractivity contribution in [3.63, 3.8) is 0 Å². The van der Waals surface area contributed by atoms with Gasteiger partial charge in [-0.25, -0.2) is 4.98 Å². The standard InChI is InChI=1S/C28H29F3N4O3/c1-16(36)34-25-15-24(8-9-33-25)38-23-7-6-17-4-5-18(10-19(17)11-23)26(37)35-22-13-20(27(2,3)32)12-21(14-22)28(29,30)31/h6-9,11-15,18H,4-5,10,32H2,1-3H3,(H,35,37)(H,33,34,36). The molecule has 2 aromatic carbocycles. The maximum atomic E-state index is 13.5. The Morgan fingerprint density at radius 3 is 2.37 bits per heavy atom. The molecule has 0 spiro atoms. The normalized spacial score (nSPS) is 15.4. The molecule has 0 radical (unpaired) electrons. The fourth-order valence-corrected chi connectivity index (χ4v) is 4.36. The largest absolute Gasteiger partial charge is 0.457 e. The zero-order chi connectivity index (χ0) is 27.7. The molecule has 3 aromatic rings. The molecule has 0 bridgehead atoms. The summed E-state index contributed by atoms with van der Waals surface area (Å²) in [5, 5.41) is 5.27. The lowest BCUT2D eigenvalue weighted by molar-refractivity contribution is -0.137. The lowest BCUT2D eigenvalue weighted by atomic mass is 9.83. The van der Waals surface area contributed by atoms with Gasteiger partial charge in [0.15, 0.2) is 0 Å². The molecular weight excluding hydrogens is 497 g/mol. The summed E-state index contributed by atoms with van der Waals surface area (Å²) in [6, 6.07) is 12.3. The molecule has 1 aliphatic rings. The molecule has 1 atom stereocenters. The van der Waals surface area contributed by atoms with Gasteiger partial charge in [0.1, 0.15) is 17.3 Å². The Morgan fingerprint density at radius 2 is 1.68 bits per heavy atom. The van der Waals surface area contributed by atoms with Crippen LogP contribution in [-0.2, 0) is 34.1 Å². The van der Waals surface area contributed by atoms with E-state index in [1.54, 1.807) is 26.0 Å². The van der Waals surface area contributed by atoms with E-state index in [4.69, 9.17) is 10.5 Å². The van der Waals surface area contributed by atoms with Gasteiger partial charge in [-0.15, -0.1) is 0 Å². The second-order valence-corrected chi connectivity index (χ2v) is 10.0. The molecule has 2 amide bonds. The van der Waals surface area contributed by atoms with Crippen molar-refractivity contribution >= 4 is 23.3 Å². The monoisotopic (exact) mass is 526 g/mol. The van der Waals surface area contributed by atoms with Crippen molar-refractivity contribution < 1.29 is 27.5 Å². The number of carbonyl (C=O) groups is 2. The number of hydrogen-bond acceptors (Lipinski definition) is 5. The zero-order valence-corrected chi connectivity index (χ0v) is 21.3. The molecule has 10 heteroatoms. The number of hydrogen-bond donors (Lipinski definition) is 3. The number of nitrogens with zero attached hydrogens (tertiary/aromatic N) is 1. The zero-order valence-electron chi connectivity index (χ0n) is 21.3. The van der Waals surface area contributed by atoms with Crippen LogP contribution >= 0.6 is 0 Å². The number of pyridine rings is 1. The van der Waals surface area contributed by atoms with Gasteiger partial charge in [-0.2, -0.15) is 13.2 Å². The van der Waals surface area contributed by atoms with E-state index in [1.165, 1.54) is 19.2 Å². The van der Waals surface area contributed by atoms with E-state index in [0.29, 0.717) is 36.6 Å². The van der Waals surface area contributed by atoms with Crippen molar-refractivity contribution in [1.29, 1.82) is 0 Å². The van der Waals surface area contributed by atoms with Crippen LogP contribution in [0.5, 0.6) is 11.5 Å². The van der Waals surface area contributed by atoms with Gasteiger partial charge in [0.2, 0.25) is 11.8 Å². The lowest BCUT2D eigenvalue weighted by Crippen LogP contribution is -2.30. The molecule has 200 valence electrons. The fourth-order valence-electron chi connectivity index (χ4n) is 4.36. The third-order valence-electron chi connectivity index (χ3n) is 6.32. The molecule has 0 aliphatic heterocycles. The Balaban J connectivity index is 1.50. The van der Waals surface area contributed by atoms with Gasteiger partial charge in [0, 0.05) is 36.3 Å². The first-order valence-electron chi connectivity index (χ1n) is 12.1. The Labute approximate surface area is 218 Å². The number of benzene rings is 2. The summed E-state index contributed by atoms with van der Waals surface area (Å²) in [5.41, 5.74) is 6.52. The minimum Gasteiger partial charge on any atom is -0.457 e. The van der Waals surface area contributed by atoms with E-state index in [0.717, 1.165) is 23.3 Å². The molecular formula is C28H29F3N4O3. The molecule has 1 aliphatic carbocycles. The first-order chi connectivity index (χ1) is 17.8. The highest BCUT2D eigenvalue weighted by Gasteiger charge is 2.33. The minimum atomic E-state index is -4.57. The summed E-state index contributed by atoms with van der Waals surface area (Å²) in [7, 11) is 0. The van der Waals surface area contributed by atoms with Crippen molar-refractivity contribution in [1.82, 2.24) is 4.98 Å². The summed E-state index contributed by atoms with van der Waals surface area (Å²) in [6.07, 6.45) is -1.42. The van der Waals surface area contributed by atoms with Gasteiger partial charge in [-0.3, -0.25) is 9.59 Å². The SMILES string of the molecule is CC(=O)Nc1cc(Oc2ccc3c(c2)CC(C(=O)Nc2cc(C(C)(C)N)cc(C(F)(F)F)c2)CC3)ccn1. The number of aromatic nitrogens is 1. The third kappa shape index (κ3) is 6.69. The smallest absolute Gasteiger partial charge is 0.416 e. The van der Waals surface area contributed by atoms with Crippen LogP contribution in [0.1, 0.15) is 49.4 Å². The van der Waals surface area contributed by atoms with E-state index in [9.17, 15) is 22.8 Å². The second kappa shape index (κ2) is 10.4. The topological polar surface area (TPSA) is 106 Å². The van der Waals surface area contributed by atoms with Gasteiger partial charge in [-0.05, 0) is 86.2 Å². The maximum Gasteiger partial charge on any atom is 0.416 e. The van der Waals surface area contributed by atoms with Crippen molar-refractivity contribution in [3.05, 3.63) is 77.0 Å². The third-order valence-corrected chi connectivity index (χ3v) is 6.32. The van der Waals surface area contributed by atoms with Crippen molar-refractivity contribution in [2.75, 3.05) is 10.6 Å². The number of alkyl halides is 3. The highest BCUT2D eigenvalue weighted by molar-refractivity contribution is 5.93. The molecule has 38 heavy (non-hydrogen) atoms. The molecule has 0 saturated carbocycles. The number of nitrogens with two attached hydrogens (primary N) is 1. The van der Waals surface area contributed by atoms with Crippen molar-refractivity contribution in [2.45, 2.75) is 51.7 Å². The number of nitrogens with one attached hydrogen (secondary N) is 2. The predicted molar refractivity (Wildman–Crippen MR) is 138 cm³/mol. The first-order valence-corrected chi connectivity index (χ1v) is 12.1. The first kappa shape index (κ1) is 27.1. The average Bonchev–Trinajstić information content (AvgIpc) is 2.82. The second-order valence-electron chi connectivity index (χ2n) is 10.0. The summed E-state index contributed by atoms with van der Waals surface area (Å²) >= 11 is 0. The number of aryl methyl sites for hydroxylation is 1. The Morgan fingerprint density at radius 1 is 0.974 bits per heavy atom. The molecule has 7 nitrogen and oxygen atoms in total. The van der Waals surface area contributed by atoms with Crippen LogP contribution in [0, 0.1) is 5.92 Å². The number of carbonyl (C=O) groups excluding carboxylic acids is 2. The van der Waals surface area contributed by atoms with E-state index in [-0.39, 0.29) is 23.1 Å². The number of anilines is 2. The summed E-state index contributed by atoms with van der Waals surface area (Å²) < 4.78 is 46.4. The van der Waals surface area contributed by atoms with Crippen LogP contribution in [-0.4, -0.2) is 16.8 Å². The van der Waals surface area contributed by atoms with Crippen molar-refractivity contribution in [3.8, 4) is 11.5 Å².